The number of aliphatic carboxylic acids is 2. The van der Waals surface area contributed by atoms with Crippen molar-refractivity contribution < 1.29 is 19.8 Å². The van der Waals surface area contributed by atoms with E-state index in [9.17, 15) is 9.59 Å². The Balaban J connectivity index is 0. The molecule has 0 amide bonds. The van der Waals surface area contributed by atoms with Crippen molar-refractivity contribution in [2.75, 3.05) is 41.3 Å². The molecule has 14 heavy (non-hydrogen) atoms. The summed E-state index contributed by atoms with van der Waals surface area (Å²) in [5.74, 6) is -1.57. The highest BCUT2D eigenvalue weighted by Crippen LogP contribution is 1.70. The molecule has 84 valence electrons. The molecule has 0 aromatic rings. The van der Waals surface area contributed by atoms with Gasteiger partial charge in [-0.15, -0.1) is 0 Å². The van der Waals surface area contributed by atoms with Crippen LogP contribution >= 0.6 is 0 Å². The van der Waals surface area contributed by atoms with E-state index >= 15 is 0 Å². The van der Waals surface area contributed by atoms with E-state index in [1.807, 2.05) is 0 Å². The quantitative estimate of drug-likeness (QED) is 0.631. The van der Waals surface area contributed by atoms with Crippen molar-refractivity contribution in [3.8, 4) is 0 Å². The Hall–Kier alpha value is -1.14. The Labute approximate surface area is 83.7 Å². The van der Waals surface area contributed by atoms with E-state index in [4.69, 9.17) is 10.2 Å². The van der Waals surface area contributed by atoms with Gasteiger partial charge in [-0.2, -0.15) is 0 Å². The van der Waals surface area contributed by atoms with Gasteiger partial charge in [0.25, 0.3) is 0 Å². The van der Waals surface area contributed by atoms with Crippen molar-refractivity contribution in [2.24, 2.45) is 0 Å². The molecule has 0 aliphatic carbocycles. The van der Waals surface area contributed by atoms with E-state index in [0.29, 0.717) is 0 Å². The molecule has 0 atom stereocenters. The van der Waals surface area contributed by atoms with Crippen LogP contribution in [0, 0.1) is 0 Å². The Morgan fingerprint density at radius 3 is 1.07 bits per heavy atom. The predicted octanol–water partition coefficient (Wildman–Crippen LogP) is -0.735. The molecule has 0 unspecified atom stereocenters. The van der Waals surface area contributed by atoms with E-state index < -0.39 is 11.9 Å². The van der Waals surface area contributed by atoms with Gasteiger partial charge in [0, 0.05) is 0 Å². The van der Waals surface area contributed by atoms with Crippen LogP contribution in [-0.4, -0.2) is 73.2 Å². The number of carbonyl (C=O) groups is 2. The van der Waals surface area contributed by atoms with Gasteiger partial charge in [0.05, 0.1) is 13.1 Å². The summed E-state index contributed by atoms with van der Waals surface area (Å²) >= 11 is 0. The van der Waals surface area contributed by atoms with Gasteiger partial charge >= 0.3 is 11.9 Å². The number of carboxylic acids is 2. The minimum Gasteiger partial charge on any atom is -0.480 e. The zero-order chi connectivity index (χ0) is 11.7. The first-order chi connectivity index (χ1) is 6.25. The smallest absolute Gasteiger partial charge is 0.317 e. The standard InChI is InChI=1S/2C4H9NO2/c2*1-5(2)3-4(6)7/h2*3H2,1-2H3,(H,6,7). The minimum atomic E-state index is -0.787. The highest BCUT2D eigenvalue weighted by molar-refractivity contribution is 5.69. The van der Waals surface area contributed by atoms with Crippen molar-refractivity contribution >= 4 is 11.9 Å². The maximum atomic E-state index is 9.77. The van der Waals surface area contributed by atoms with E-state index in [0.717, 1.165) is 0 Å². The van der Waals surface area contributed by atoms with Gasteiger partial charge in [0.2, 0.25) is 0 Å². The normalized spacial score (nSPS) is 9.57. The molecule has 6 nitrogen and oxygen atoms in total. The molecular weight excluding hydrogens is 188 g/mol. The first-order valence-electron chi connectivity index (χ1n) is 3.98. The second-order valence-electron chi connectivity index (χ2n) is 3.26. The first kappa shape index (κ1) is 15.3. The monoisotopic (exact) mass is 206 g/mol. The lowest BCUT2D eigenvalue weighted by Crippen LogP contribution is -2.20. The van der Waals surface area contributed by atoms with Crippen LogP contribution in [0.4, 0.5) is 0 Å². The van der Waals surface area contributed by atoms with E-state index in [-0.39, 0.29) is 13.1 Å². The van der Waals surface area contributed by atoms with E-state index in [2.05, 4.69) is 0 Å². The molecule has 0 aliphatic heterocycles. The fourth-order valence-corrected chi connectivity index (χ4v) is 0.541. The second-order valence-corrected chi connectivity index (χ2v) is 3.26. The lowest BCUT2D eigenvalue weighted by molar-refractivity contribution is -0.138. The molecule has 0 heterocycles. The lowest BCUT2D eigenvalue weighted by Gasteiger charge is -2.01. The van der Waals surface area contributed by atoms with E-state index in [1.165, 1.54) is 0 Å². The molecule has 6 heteroatoms. The van der Waals surface area contributed by atoms with Gasteiger partial charge in [0.1, 0.15) is 0 Å². The largest absolute Gasteiger partial charge is 0.480 e. The molecule has 0 rings (SSSR count). The molecule has 2 N–H and O–H groups in total. The summed E-state index contributed by atoms with van der Waals surface area (Å²) in [6.45, 7) is 0.222. The molecule has 0 aliphatic rings. The fraction of sp³-hybridized carbons (Fsp3) is 0.750. The summed E-state index contributed by atoms with van der Waals surface area (Å²) in [7, 11) is 6.87. The van der Waals surface area contributed by atoms with E-state index in [1.54, 1.807) is 38.0 Å². The maximum absolute atomic E-state index is 9.77. The Morgan fingerprint density at radius 2 is 1.07 bits per heavy atom. The number of rotatable bonds is 4. The maximum Gasteiger partial charge on any atom is 0.317 e. The summed E-state index contributed by atoms with van der Waals surface area (Å²) in [5.41, 5.74) is 0. The molecule has 0 aromatic heterocycles. The third kappa shape index (κ3) is 22.4. The van der Waals surface area contributed by atoms with Crippen LogP contribution in [0.5, 0.6) is 0 Å². The van der Waals surface area contributed by atoms with Gasteiger partial charge in [-0.1, -0.05) is 0 Å². The van der Waals surface area contributed by atoms with Crippen molar-refractivity contribution in [1.82, 2.24) is 9.80 Å². The van der Waals surface area contributed by atoms with Gasteiger partial charge in [-0.25, -0.2) is 0 Å². The van der Waals surface area contributed by atoms with Crippen molar-refractivity contribution in [3.05, 3.63) is 0 Å². The average Bonchev–Trinajstić information content (AvgIpc) is 1.79. The first-order valence-corrected chi connectivity index (χ1v) is 3.98. The number of likely N-dealkylation sites (N-methyl/N-ethyl adjacent to an activating group) is 2. The van der Waals surface area contributed by atoms with Gasteiger partial charge < -0.3 is 10.2 Å². The summed E-state index contributed by atoms with van der Waals surface area (Å²) in [5, 5.41) is 16.1. The zero-order valence-electron chi connectivity index (χ0n) is 9.02. The number of hydrogen-bond donors (Lipinski definition) is 2. The molecule has 0 fully saturated rings. The van der Waals surface area contributed by atoms with Crippen LogP contribution in [-0.2, 0) is 9.59 Å². The molecule has 0 spiro atoms. The molecule has 0 aromatic carbocycles. The number of carboxylic acid groups (broad SMARTS) is 2. The topological polar surface area (TPSA) is 81.1 Å². The molecule has 0 saturated heterocycles. The Bertz CT molecular complexity index is 160. The summed E-state index contributed by atoms with van der Waals surface area (Å²) in [6.07, 6.45) is 0. The Morgan fingerprint density at radius 1 is 0.857 bits per heavy atom. The highest BCUT2D eigenvalue weighted by Gasteiger charge is 1.95. The van der Waals surface area contributed by atoms with Crippen molar-refractivity contribution in [3.63, 3.8) is 0 Å². The average molecular weight is 206 g/mol. The number of hydrogen-bond acceptors (Lipinski definition) is 4. The molecule has 0 bridgehead atoms. The van der Waals surface area contributed by atoms with Crippen LogP contribution < -0.4 is 0 Å². The third-order valence-corrected chi connectivity index (χ3v) is 0.903. The van der Waals surface area contributed by atoms with Crippen LogP contribution in [0.1, 0.15) is 0 Å². The van der Waals surface area contributed by atoms with Crippen LogP contribution in [0.3, 0.4) is 0 Å². The second kappa shape index (κ2) is 8.46. The highest BCUT2D eigenvalue weighted by atomic mass is 16.4. The van der Waals surface area contributed by atoms with Crippen molar-refractivity contribution in [2.45, 2.75) is 0 Å². The summed E-state index contributed by atoms with van der Waals surface area (Å²) < 4.78 is 0. The van der Waals surface area contributed by atoms with Crippen LogP contribution in [0.25, 0.3) is 0 Å². The van der Waals surface area contributed by atoms with Crippen molar-refractivity contribution in [1.29, 1.82) is 0 Å². The lowest BCUT2D eigenvalue weighted by atomic mass is 10.6. The van der Waals surface area contributed by atoms with Gasteiger partial charge in [0.15, 0.2) is 0 Å². The third-order valence-electron chi connectivity index (χ3n) is 0.903. The fourth-order valence-electron chi connectivity index (χ4n) is 0.541. The summed E-state index contributed by atoms with van der Waals surface area (Å²) in [4.78, 5) is 22.7. The molecule has 0 saturated carbocycles. The van der Waals surface area contributed by atoms with Crippen LogP contribution in [0.2, 0.25) is 0 Å². The summed E-state index contributed by atoms with van der Waals surface area (Å²) in [6, 6.07) is 0. The zero-order valence-corrected chi connectivity index (χ0v) is 9.02. The van der Waals surface area contributed by atoms with Gasteiger partial charge in [-0.05, 0) is 28.2 Å². The van der Waals surface area contributed by atoms with Gasteiger partial charge in [-0.3, -0.25) is 19.4 Å². The molecule has 0 radical (unpaired) electrons. The van der Waals surface area contributed by atoms with Crippen LogP contribution in [0.15, 0.2) is 0 Å². The minimum absolute atomic E-state index is 0.111. The number of nitrogens with zero attached hydrogens (tertiary/aromatic N) is 2. The molecular formula is C8H18N2O4. The predicted molar refractivity (Wildman–Crippen MR) is 52.4 cm³/mol. The SMILES string of the molecule is CN(C)CC(=O)O.CN(C)CC(=O)O. The Kier molecular flexibility index (Phi) is 9.27.